The second kappa shape index (κ2) is 7.31. The van der Waals surface area contributed by atoms with Crippen LogP contribution in [0, 0.1) is 0 Å². The summed E-state index contributed by atoms with van der Waals surface area (Å²) < 4.78 is 22.8. The minimum absolute atomic E-state index is 0.314. The number of nitrogens with zero attached hydrogens (tertiary/aromatic N) is 1. The molecule has 0 aromatic heterocycles. The van der Waals surface area contributed by atoms with Gasteiger partial charge in [0.2, 0.25) is 0 Å². The summed E-state index contributed by atoms with van der Waals surface area (Å²) in [5.74, 6) is 0. The quantitative estimate of drug-likeness (QED) is 0.491. The summed E-state index contributed by atoms with van der Waals surface area (Å²) >= 11 is 0. The molecule has 1 rings (SSSR count). The van der Waals surface area contributed by atoms with E-state index in [9.17, 15) is 8.42 Å². The first kappa shape index (κ1) is 17.3. The third-order valence-electron chi connectivity index (χ3n) is 2.77. The highest BCUT2D eigenvalue weighted by atomic mass is 32.2. The second-order valence-electron chi connectivity index (χ2n) is 4.77. The number of nitrogens with two attached hydrogens (primary N) is 2. The molecule has 0 spiro atoms. The zero-order valence-electron chi connectivity index (χ0n) is 12.4. The fourth-order valence-corrected chi connectivity index (χ4v) is 2.30. The van der Waals surface area contributed by atoms with Gasteiger partial charge in [-0.25, -0.2) is 8.42 Å². The van der Waals surface area contributed by atoms with Gasteiger partial charge in [0, 0.05) is 12.0 Å². The van der Waals surface area contributed by atoms with E-state index in [2.05, 4.69) is 4.99 Å². The first-order chi connectivity index (χ1) is 9.70. The van der Waals surface area contributed by atoms with Crippen molar-refractivity contribution >= 4 is 21.1 Å². The van der Waals surface area contributed by atoms with Crippen LogP contribution in [0.25, 0.3) is 5.57 Å². The largest absolute Gasteiger partial charge is 0.297 e. The average molecular weight is 307 g/mol. The van der Waals surface area contributed by atoms with Gasteiger partial charge in [-0.2, -0.15) is 0 Å². The first-order valence-corrected chi connectivity index (χ1v) is 8.30. The summed E-state index contributed by atoms with van der Waals surface area (Å²) in [6, 6.07) is 6.78. The van der Waals surface area contributed by atoms with E-state index in [-0.39, 0.29) is 0 Å². The highest BCUT2D eigenvalue weighted by Gasteiger charge is 2.06. The fourth-order valence-electron chi connectivity index (χ4n) is 1.67. The van der Waals surface area contributed by atoms with E-state index in [1.165, 1.54) is 6.26 Å². The molecule has 0 aliphatic heterocycles. The molecule has 0 radical (unpaired) electrons. The van der Waals surface area contributed by atoms with Crippen molar-refractivity contribution in [2.24, 2.45) is 16.5 Å². The molecule has 0 heterocycles. The Hall–Kier alpha value is -1.76. The highest BCUT2D eigenvalue weighted by molar-refractivity contribution is 7.90. The van der Waals surface area contributed by atoms with Crippen LogP contribution in [-0.2, 0) is 9.84 Å². The summed E-state index contributed by atoms with van der Waals surface area (Å²) in [5.41, 5.74) is 13.4. The number of hydrogen-bond acceptors (Lipinski definition) is 5. The topological polar surface area (TPSA) is 98.5 Å². The lowest BCUT2D eigenvalue weighted by Crippen LogP contribution is -2.28. The van der Waals surface area contributed by atoms with Crippen LogP contribution in [-0.4, -0.2) is 26.7 Å². The Morgan fingerprint density at radius 1 is 1.19 bits per heavy atom. The molecule has 0 saturated heterocycles. The Morgan fingerprint density at radius 3 is 2.24 bits per heavy atom. The number of sulfone groups is 1. The average Bonchev–Trinajstić information content (AvgIpc) is 2.36. The van der Waals surface area contributed by atoms with Crippen molar-refractivity contribution in [3.8, 4) is 0 Å². The van der Waals surface area contributed by atoms with Gasteiger partial charge in [-0.15, -0.1) is 0 Å². The van der Waals surface area contributed by atoms with Gasteiger partial charge in [-0.1, -0.05) is 24.3 Å². The molecule has 5 nitrogen and oxygen atoms in total. The molecule has 0 unspecified atom stereocenters. The lowest BCUT2D eigenvalue weighted by molar-refractivity contribution is 0.602. The van der Waals surface area contributed by atoms with Gasteiger partial charge in [0.05, 0.1) is 4.90 Å². The molecule has 0 amide bonds. The molecule has 6 heteroatoms. The van der Waals surface area contributed by atoms with Crippen LogP contribution in [0.4, 0.5) is 0 Å². The van der Waals surface area contributed by atoms with E-state index in [4.69, 9.17) is 11.5 Å². The van der Waals surface area contributed by atoms with Crippen molar-refractivity contribution in [1.82, 2.24) is 0 Å². The standard InChI is InChI=1S/C15H21N3O2S/c1-11(5-4-6-12(2)18-15(16)17)13-7-9-14(10-8-13)21(3,19)20/h4-10,15H,16-17H2,1-3H3/b6-4-,11-5+,18-12+. The molecule has 1 aromatic rings. The molecule has 0 aliphatic carbocycles. The SMILES string of the molecule is C\C(=C/C=C\C(C)=N\C(N)N)c1ccc(S(C)(=O)=O)cc1. The molecule has 1 aromatic carbocycles. The van der Waals surface area contributed by atoms with E-state index < -0.39 is 16.1 Å². The van der Waals surface area contributed by atoms with Crippen LogP contribution < -0.4 is 11.5 Å². The molecule has 0 aliphatic rings. The molecule has 0 fully saturated rings. The van der Waals surface area contributed by atoms with Crippen LogP contribution in [0.1, 0.15) is 19.4 Å². The Balaban J connectivity index is 2.87. The molecular formula is C15H21N3O2S. The summed E-state index contributed by atoms with van der Waals surface area (Å²) in [6.07, 6.45) is 6.05. The van der Waals surface area contributed by atoms with Crippen LogP contribution in [0.3, 0.4) is 0 Å². The Morgan fingerprint density at radius 2 is 1.76 bits per heavy atom. The number of rotatable bonds is 5. The van der Waals surface area contributed by atoms with Crippen molar-refractivity contribution < 1.29 is 8.42 Å². The van der Waals surface area contributed by atoms with Crippen LogP contribution >= 0.6 is 0 Å². The third-order valence-corrected chi connectivity index (χ3v) is 3.90. The maximum Gasteiger partial charge on any atom is 0.175 e. The van der Waals surface area contributed by atoms with Gasteiger partial charge < -0.3 is 0 Å². The molecule has 4 N–H and O–H groups in total. The highest BCUT2D eigenvalue weighted by Crippen LogP contribution is 2.17. The zero-order chi connectivity index (χ0) is 16.0. The first-order valence-electron chi connectivity index (χ1n) is 6.41. The minimum atomic E-state index is -3.16. The van der Waals surface area contributed by atoms with Gasteiger partial charge in [-0.3, -0.25) is 16.5 Å². The van der Waals surface area contributed by atoms with E-state index in [1.807, 2.05) is 26.0 Å². The minimum Gasteiger partial charge on any atom is -0.297 e. The smallest absolute Gasteiger partial charge is 0.175 e. The van der Waals surface area contributed by atoms with Crippen LogP contribution in [0.2, 0.25) is 0 Å². The molecule has 114 valence electrons. The number of benzene rings is 1. The summed E-state index contributed by atoms with van der Waals surface area (Å²) in [6.45, 7) is 3.76. The van der Waals surface area contributed by atoms with E-state index in [1.54, 1.807) is 30.3 Å². The van der Waals surface area contributed by atoms with E-state index >= 15 is 0 Å². The number of allylic oxidation sites excluding steroid dienone is 4. The summed E-state index contributed by atoms with van der Waals surface area (Å²) in [5, 5.41) is 0. The van der Waals surface area contributed by atoms with Gasteiger partial charge in [0.15, 0.2) is 9.84 Å². The monoisotopic (exact) mass is 307 g/mol. The van der Waals surface area contributed by atoms with E-state index in [0.717, 1.165) is 16.8 Å². The van der Waals surface area contributed by atoms with Crippen molar-refractivity contribution in [3.05, 3.63) is 48.1 Å². The third kappa shape index (κ3) is 6.03. The fraction of sp³-hybridized carbons (Fsp3) is 0.267. The van der Waals surface area contributed by atoms with Crippen molar-refractivity contribution in [3.63, 3.8) is 0 Å². The van der Waals surface area contributed by atoms with Gasteiger partial charge >= 0.3 is 0 Å². The normalized spacial score (nSPS) is 14.2. The van der Waals surface area contributed by atoms with E-state index in [0.29, 0.717) is 4.90 Å². The lowest BCUT2D eigenvalue weighted by atomic mass is 10.1. The van der Waals surface area contributed by atoms with Crippen molar-refractivity contribution in [2.45, 2.75) is 25.0 Å². The predicted octanol–water partition coefficient (Wildman–Crippen LogP) is 1.71. The number of aliphatic imine (C=N–C) groups is 1. The molecule has 0 atom stereocenters. The lowest BCUT2D eigenvalue weighted by Gasteiger charge is -2.03. The Kier molecular flexibility index (Phi) is 6.02. The Labute approximate surface area is 126 Å². The summed E-state index contributed by atoms with van der Waals surface area (Å²) in [4.78, 5) is 4.29. The summed E-state index contributed by atoms with van der Waals surface area (Å²) in [7, 11) is -3.16. The zero-order valence-corrected chi connectivity index (χ0v) is 13.3. The maximum atomic E-state index is 11.4. The maximum absolute atomic E-state index is 11.4. The second-order valence-corrected chi connectivity index (χ2v) is 6.78. The molecular weight excluding hydrogens is 286 g/mol. The van der Waals surface area contributed by atoms with Gasteiger partial charge in [0.25, 0.3) is 0 Å². The van der Waals surface area contributed by atoms with Crippen LogP contribution in [0.5, 0.6) is 0 Å². The van der Waals surface area contributed by atoms with Gasteiger partial charge in [-0.05, 0) is 43.2 Å². The van der Waals surface area contributed by atoms with Gasteiger partial charge in [0.1, 0.15) is 6.29 Å². The molecule has 21 heavy (non-hydrogen) atoms. The van der Waals surface area contributed by atoms with Crippen molar-refractivity contribution in [2.75, 3.05) is 6.26 Å². The number of hydrogen-bond donors (Lipinski definition) is 2. The van der Waals surface area contributed by atoms with Crippen LogP contribution in [0.15, 0.2) is 52.4 Å². The van der Waals surface area contributed by atoms with Crippen molar-refractivity contribution in [1.29, 1.82) is 0 Å². The molecule has 0 saturated carbocycles. The predicted molar refractivity (Wildman–Crippen MR) is 87.6 cm³/mol. The molecule has 0 bridgehead atoms. The Bertz CT molecular complexity index is 669.